The van der Waals surface area contributed by atoms with E-state index in [9.17, 15) is 13.2 Å². The molecule has 0 radical (unpaired) electrons. The van der Waals surface area contributed by atoms with Crippen LogP contribution in [0.3, 0.4) is 0 Å². The Labute approximate surface area is 143 Å². The first-order valence-electron chi connectivity index (χ1n) is 7.88. The van der Waals surface area contributed by atoms with E-state index in [0.29, 0.717) is 37.0 Å². The van der Waals surface area contributed by atoms with Crippen LogP contribution >= 0.6 is 11.8 Å². The molecule has 128 valence electrons. The van der Waals surface area contributed by atoms with Crippen molar-refractivity contribution in [2.45, 2.75) is 30.9 Å². The van der Waals surface area contributed by atoms with E-state index in [-0.39, 0.29) is 11.7 Å². The molecule has 1 saturated heterocycles. The minimum atomic E-state index is -3.17. The Morgan fingerprint density at radius 2 is 1.78 bits per heavy atom. The Bertz CT molecular complexity index is 651. The molecule has 1 aromatic carbocycles. The summed E-state index contributed by atoms with van der Waals surface area (Å²) in [5.41, 5.74) is 0.706. The normalized spacial score (nSPS) is 16.8. The topological polar surface area (TPSA) is 57.7 Å². The summed E-state index contributed by atoms with van der Waals surface area (Å²) >= 11 is 1.67. The molecule has 0 aromatic heterocycles. The SMILES string of the molecule is CCS(=O)(=O)N1CCN(C(=O)c2ccccc2SC(C)C)CC1. The van der Waals surface area contributed by atoms with Crippen LogP contribution in [-0.2, 0) is 10.0 Å². The zero-order valence-corrected chi connectivity index (χ0v) is 15.5. The predicted octanol–water partition coefficient (Wildman–Crippen LogP) is 2.29. The summed E-state index contributed by atoms with van der Waals surface area (Å²) in [6, 6.07) is 7.63. The van der Waals surface area contributed by atoms with Crippen molar-refractivity contribution in [2.24, 2.45) is 0 Å². The lowest BCUT2D eigenvalue weighted by Gasteiger charge is -2.34. The van der Waals surface area contributed by atoms with Gasteiger partial charge in [0.05, 0.1) is 11.3 Å². The minimum absolute atomic E-state index is 0.0118. The van der Waals surface area contributed by atoms with Crippen molar-refractivity contribution in [2.75, 3.05) is 31.9 Å². The first-order chi connectivity index (χ1) is 10.8. The number of sulfonamides is 1. The van der Waals surface area contributed by atoms with Gasteiger partial charge in [0.2, 0.25) is 10.0 Å². The van der Waals surface area contributed by atoms with Gasteiger partial charge in [-0.2, -0.15) is 4.31 Å². The largest absolute Gasteiger partial charge is 0.336 e. The Morgan fingerprint density at radius 1 is 1.17 bits per heavy atom. The standard InChI is InChI=1S/C16H24N2O3S2/c1-4-23(20,21)18-11-9-17(10-12-18)16(19)14-7-5-6-8-15(14)22-13(2)3/h5-8,13H,4,9-12H2,1-3H3. The van der Waals surface area contributed by atoms with Crippen molar-refractivity contribution in [3.05, 3.63) is 29.8 Å². The highest BCUT2D eigenvalue weighted by Crippen LogP contribution is 2.27. The summed E-state index contributed by atoms with van der Waals surface area (Å²) in [7, 11) is -3.17. The summed E-state index contributed by atoms with van der Waals surface area (Å²) in [6.07, 6.45) is 0. The van der Waals surface area contributed by atoms with Crippen LogP contribution < -0.4 is 0 Å². The molecule has 0 spiro atoms. The second-order valence-corrected chi connectivity index (χ2v) is 9.63. The van der Waals surface area contributed by atoms with Gasteiger partial charge in [0.25, 0.3) is 5.91 Å². The molecule has 7 heteroatoms. The molecule has 1 aromatic rings. The lowest BCUT2D eigenvalue weighted by atomic mass is 10.2. The molecular weight excluding hydrogens is 332 g/mol. The van der Waals surface area contributed by atoms with Crippen molar-refractivity contribution >= 4 is 27.7 Å². The van der Waals surface area contributed by atoms with Crippen LogP contribution in [-0.4, -0.2) is 60.7 Å². The maximum absolute atomic E-state index is 12.8. The first kappa shape index (κ1) is 18.3. The molecule has 23 heavy (non-hydrogen) atoms. The van der Waals surface area contributed by atoms with E-state index in [2.05, 4.69) is 13.8 Å². The predicted molar refractivity (Wildman–Crippen MR) is 94.4 cm³/mol. The van der Waals surface area contributed by atoms with Gasteiger partial charge in [-0.05, 0) is 19.1 Å². The molecule has 1 amide bonds. The molecular formula is C16H24N2O3S2. The lowest BCUT2D eigenvalue weighted by Crippen LogP contribution is -2.50. The van der Waals surface area contributed by atoms with Crippen LogP contribution in [0.25, 0.3) is 0 Å². The first-order valence-corrected chi connectivity index (χ1v) is 10.4. The number of amides is 1. The molecule has 0 unspecified atom stereocenters. The summed E-state index contributed by atoms with van der Waals surface area (Å²) in [5, 5.41) is 0.399. The Balaban J connectivity index is 2.09. The van der Waals surface area contributed by atoms with Crippen molar-refractivity contribution in [1.82, 2.24) is 9.21 Å². The van der Waals surface area contributed by atoms with E-state index < -0.39 is 10.0 Å². The molecule has 1 heterocycles. The Morgan fingerprint density at radius 3 is 2.35 bits per heavy atom. The van der Waals surface area contributed by atoms with Gasteiger partial charge in [0.15, 0.2) is 0 Å². The number of hydrogen-bond donors (Lipinski definition) is 0. The average Bonchev–Trinajstić information content (AvgIpc) is 2.54. The average molecular weight is 357 g/mol. The van der Waals surface area contributed by atoms with Crippen LogP contribution in [0.15, 0.2) is 29.2 Å². The molecule has 2 rings (SSSR count). The van der Waals surface area contributed by atoms with E-state index in [4.69, 9.17) is 0 Å². The maximum atomic E-state index is 12.8. The fourth-order valence-electron chi connectivity index (χ4n) is 2.52. The number of thioether (sulfide) groups is 1. The Hall–Kier alpha value is -1.05. The summed E-state index contributed by atoms with van der Waals surface area (Å²) in [5.74, 6) is 0.0942. The van der Waals surface area contributed by atoms with Gasteiger partial charge in [-0.15, -0.1) is 11.8 Å². The molecule has 0 saturated carbocycles. The molecule has 0 bridgehead atoms. The lowest BCUT2D eigenvalue weighted by molar-refractivity contribution is 0.0694. The third-order valence-corrected chi connectivity index (χ3v) is 6.73. The highest BCUT2D eigenvalue weighted by molar-refractivity contribution is 8.00. The molecule has 1 fully saturated rings. The van der Waals surface area contributed by atoms with E-state index in [1.54, 1.807) is 23.6 Å². The van der Waals surface area contributed by atoms with Gasteiger partial charge >= 0.3 is 0 Å². The minimum Gasteiger partial charge on any atom is -0.336 e. The monoisotopic (exact) mass is 356 g/mol. The van der Waals surface area contributed by atoms with Gasteiger partial charge in [-0.25, -0.2) is 8.42 Å². The second kappa shape index (κ2) is 7.68. The zero-order chi connectivity index (χ0) is 17.0. The number of piperazine rings is 1. The molecule has 0 aliphatic carbocycles. The Kier molecular flexibility index (Phi) is 6.11. The van der Waals surface area contributed by atoms with Crippen molar-refractivity contribution in [3.8, 4) is 0 Å². The molecule has 1 aliphatic heterocycles. The number of carbonyl (C=O) groups is 1. The van der Waals surface area contributed by atoms with E-state index in [0.717, 1.165) is 4.90 Å². The van der Waals surface area contributed by atoms with Gasteiger partial charge in [0.1, 0.15) is 0 Å². The third-order valence-electron chi connectivity index (χ3n) is 3.76. The van der Waals surface area contributed by atoms with Crippen LogP contribution in [0.4, 0.5) is 0 Å². The number of carbonyl (C=O) groups excluding carboxylic acids is 1. The summed E-state index contributed by atoms with van der Waals surface area (Å²) < 4.78 is 25.3. The van der Waals surface area contributed by atoms with Crippen molar-refractivity contribution in [3.63, 3.8) is 0 Å². The van der Waals surface area contributed by atoms with Gasteiger partial charge in [-0.1, -0.05) is 26.0 Å². The molecule has 0 atom stereocenters. The van der Waals surface area contributed by atoms with E-state index >= 15 is 0 Å². The highest BCUT2D eigenvalue weighted by Gasteiger charge is 2.28. The summed E-state index contributed by atoms with van der Waals surface area (Å²) in [4.78, 5) is 15.5. The van der Waals surface area contributed by atoms with Crippen LogP contribution in [0.1, 0.15) is 31.1 Å². The molecule has 5 nitrogen and oxygen atoms in total. The van der Waals surface area contributed by atoms with Gasteiger partial charge in [-0.3, -0.25) is 4.79 Å². The van der Waals surface area contributed by atoms with Crippen LogP contribution in [0.5, 0.6) is 0 Å². The number of rotatable bonds is 5. The van der Waals surface area contributed by atoms with Gasteiger partial charge < -0.3 is 4.90 Å². The second-order valence-electron chi connectivity index (χ2n) is 5.75. The summed E-state index contributed by atoms with van der Waals surface area (Å²) in [6.45, 7) is 7.48. The van der Waals surface area contributed by atoms with Crippen LogP contribution in [0.2, 0.25) is 0 Å². The zero-order valence-electron chi connectivity index (χ0n) is 13.9. The smallest absolute Gasteiger partial charge is 0.255 e. The fourth-order valence-corrected chi connectivity index (χ4v) is 4.55. The molecule has 1 aliphatic rings. The van der Waals surface area contributed by atoms with Crippen LogP contribution in [0, 0.1) is 0 Å². The fraction of sp³-hybridized carbons (Fsp3) is 0.562. The van der Waals surface area contributed by atoms with Crippen molar-refractivity contribution in [1.29, 1.82) is 0 Å². The maximum Gasteiger partial charge on any atom is 0.255 e. The van der Waals surface area contributed by atoms with E-state index in [1.165, 1.54) is 4.31 Å². The van der Waals surface area contributed by atoms with E-state index in [1.807, 2.05) is 24.3 Å². The third kappa shape index (κ3) is 4.49. The molecule has 0 N–H and O–H groups in total. The number of benzene rings is 1. The quantitative estimate of drug-likeness (QED) is 0.760. The highest BCUT2D eigenvalue weighted by atomic mass is 32.2. The number of hydrogen-bond acceptors (Lipinski definition) is 4. The van der Waals surface area contributed by atoms with Crippen molar-refractivity contribution < 1.29 is 13.2 Å². The number of nitrogens with zero attached hydrogens (tertiary/aromatic N) is 2. The van der Waals surface area contributed by atoms with Gasteiger partial charge in [0, 0.05) is 36.3 Å².